The molecule has 18 heavy (non-hydrogen) atoms. The van der Waals surface area contributed by atoms with Crippen LogP contribution in [0.2, 0.25) is 0 Å². The predicted molar refractivity (Wildman–Crippen MR) is 49.0 cm³/mol. The van der Waals surface area contributed by atoms with E-state index < -0.39 is 23.5 Å². The van der Waals surface area contributed by atoms with Crippen LogP contribution in [0.15, 0.2) is 24.3 Å². The van der Waals surface area contributed by atoms with Gasteiger partial charge in [-0.25, -0.2) is 0 Å². The van der Waals surface area contributed by atoms with Gasteiger partial charge in [-0.3, -0.25) is 0 Å². The number of rotatable bonds is 2. The summed E-state index contributed by atoms with van der Waals surface area (Å²) < 4.78 is 79.6. The second kappa shape index (κ2) is 4.34. The fourth-order valence-corrected chi connectivity index (χ4v) is 1.34. The Hall–Kier alpha value is -1.44. The molecule has 0 radical (unpaired) electrons. The molecular weight excluding hydrogens is 266 g/mol. The highest BCUT2D eigenvalue weighted by atomic mass is 19.4. The van der Waals surface area contributed by atoms with E-state index in [1.807, 2.05) is 0 Å². The number of alkyl halides is 6. The lowest BCUT2D eigenvalue weighted by atomic mass is 9.92. The van der Waals surface area contributed by atoms with Gasteiger partial charge in [0.1, 0.15) is 5.75 Å². The molecule has 1 aromatic rings. The molecule has 0 aliphatic heterocycles. The smallest absolute Gasteiger partial charge is 0.430 e. The van der Waals surface area contributed by atoms with Gasteiger partial charge in [0.05, 0.1) is 7.11 Å². The molecule has 0 amide bonds. The van der Waals surface area contributed by atoms with E-state index in [0.29, 0.717) is 12.1 Å². The SMILES string of the molecule is COc1cccc(C(O)(C(F)(F)F)C(F)(F)F)c1. The Morgan fingerprint density at radius 2 is 1.50 bits per heavy atom. The highest BCUT2D eigenvalue weighted by Crippen LogP contribution is 2.50. The predicted octanol–water partition coefficient (Wildman–Crippen LogP) is 3.01. The molecule has 0 saturated heterocycles. The molecule has 2 nitrogen and oxygen atoms in total. The molecule has 0 heterocycles. The van der Waals surface area contributed by atoms with Gasteiger partial charge in [-0.15, -0.1) is 0 Å². The first-order valence-electron chi connectivity index (χ1n) is 4.54. The summed E-state index contributed by atoms with van der Waals surface area (Å²) >= 11 is 0. The maximum Gasteiger partial charge on any atom is 0.430 e. The van der Waals surface area contributed by atoms with Gasteiger partial charge < -0.3 is 9.84 Å². The molecule has 0 bridgehead atoms. The topological polar surface area (TPSA) is 29.5 Å². The molecule has 1 aromatic carbocycles. The number of ether oxygens (including phenoxy) is 1. The van der Waals surface area contributed by atoms with Gasteiger partial charge in [0, 0.05) is 5.56 Å². The van der Waals surface area contributed by atoms with Crippen molar-refractivity contribution >= 4 is 0 Å². The van der Waals surface area contributed by atoms with E-state index in [1.165, 1.54) is 0 Å². The summed E-state index contributed by atoms with van der Waals surface area (Å²) in [6.07, 6.45) is -11.8. The third-order valence-electron chi connectivity index (χ3n) is 2.31. The van der Waals surface area contributed by atoms with E-state index in [1.54, 1.807) is 0 Å². The fraction of sp³-hybridized carbons (Fsp3) is 0.400. The van der Waals surface area contributed by atoms with Gasteiger partial charge in [0.2, 0.25) is 0 Å². The summed E-state index contributed by atoms with van der Waals surface area (Å²) in [6, 6.07) is 3.11. The molecule has 0 spiro atoms. The Kier molecular flexibility index (Phi) is 3.53. The number of methoxy groups -OCH3 is 1. The van der Waals surface area contributed by atoms with E-state index >= 15 is 0 Å². The molecule has 0 unspecified atom stereocenters. The second-order valence-corrected chi connectivity index (χ2v) is 3.44. The number of halogens is 6. The maximum atomic E-state index is 12.5. The Morgan fingerprint density at radius 3 is 1.89 bits per heavy atom. The third-order valence-corrected chi connectivity index (χ3v) is 2.31. The van der Waals surface area contributed by atoms with Crippen LogP contribution in [-0.4, -0.2) is 24.6 Å². The molecule has 0 aliphatic carbocycles. The minimum atomic E-state index is -5.89. The molecular formula is C10H8F6O2. The summed E-state index contributed by atoms with van der Waals surface area (Å²) in [5.41, 5.74) is -6.27. The monoisotopic (exact) mass is 274 g/mol. The Balaban J connectivity index is 3.45. The Labute approximate surface area is 97.8 Å². The van der Waals surface area contributed by atoms with Crippen LogP contribution in [0, 0.1) is 0 Å². The Bertz CT molecular complexity index is 409. The van der Waals surface area contributed by atoms with Crippen LogP contribution in [0.3, 0.4) is 0 Å². The first-order chi connectivity index (χ1) is 8.04. The zero-order valence-corrected chi connectivity index (χ0v) is 8.93. The maximum absolute atomic E-state index is 12.5. The average Bonchev–Trinajstić information content (AvgIpc) is 2.25. The largest absolute Gasteiger partial charge is 0.497 e. The molecule has 0 atom stereocenters. The lowest BCUT2D eigenvalue weighted by Crippen LogP contribution is -2.53. The van der Waals surface area contributed by atoms with Crippen LogP contribution >= 0.6 is 0 Å². The van der Waals surface area contributed by atoms with Crippen molar-refractivity contribution in [2.75, 3.05) is 7.11 Å². The van der Waals surface area contributed by atoms with Crippen LogP contribution < -0.4 is 4.74 Å². The normalized spacial score (nSPS) is 13.6. The molecule has 0 aromatic heterocycles. The molecule has 0 saturated carbocycles. The minimum absolute atomic E-state index is 0.223. The number of hydrogen-bond donors (Lipinski definition) is 1. The van der Waals surface area contributed by atoms with Crippen molar-refractivity contribution in [2.45, 2.75) is 18.0 Å². The first-order valence-corrected chi connectivity index (χ1v) is 4.54. The van der Waals surface area contributed by atoms with Crippen LogP contribution in [-0.2, 0) is 5.60 Å². The van der Waals surface area contributed by atoms with Crippen molar-refractivity contribution in [1.29, 1.82) is 0 Å². The molecule has 0 fully saturated rings. The summed E-state index contributed by atoms with van der Waals surface area (Å²) in [6.45, 7) is 0. The van der Waals surface area contributed by atoms with Gasteiger partial charge in [-0.05, 0) is 12.1 Å². The zero-order chi connectivity index (χ0) is 14.2. The highest BCUT2D eigenvalue weighted by Gasteiger charge is 2.71. The van der Waals surface area contributed by atoms with E-state index in [2.05, 4.69) is 4.74 Å². The van der Waals surface area contributed by atoms with E-state index in [-0.39, 0.29) is 5.75 Å². The van der Waals surface area contributed by atoms with Crippen molar-refractivity contribution in [2.24, 2.45) is 0 Å². The van der Waals surface area contributed by atoms with Gasteiger partial charge >= 0.3 is 12.4 Å². The second-order valence-electron chi connectivity index (χ2n) is 3.44. The molecule has 0 aliphatic rings. The fourth-order valence-electron chi connectivity index (χ4n) is 1.34. The summed E-state index contributed by atoms with van der Waals surface area (Å²) in [5, 5.41) is 9.07. The lowest BCUT2D eigenvalue weighted by molar-refractivity contribution is -0.376. The Morgan fingerprint density at radius 1 is 1.00 bits per heavy atom. The summed E-state index contributed by atoms with van der Waals surface area (Å²) in [4.78, 5) is 0. The van der Waals surface area contributed by atoms with Gasteiger partial charge in [0.15, 0.2) is 0 Å². The van der Waals surface area contributed by atoms with Crippen LogP contribution in [0.25, 0.3) is 0 Å². The van der Waals surface area contributed by atoms with Gasteiger partial charge in [-0.1, -0.05) is 12.1 Å². The lowest BCUT2D eigenvalue weighted by Gasteiger charge is -2.32. The van der Waals surface area contributed by atoms with Crippen molar-refractivity contribution in [3.05, 3.63) is 29.8 Å². The number of aliphatic hydroxyl groups is 1. The van der Waals surface area contributed by atoms with Crippen LogP contribution in [0.5, 0.6) is 5.75 Å². The molecule has 102 valence electrons. The summed E-state index contributed by atoms with van der Waals surface area (Å²) in [5.74, 6) is -0.223. The minimum Gasteiger partial charge on any atom is -0.497 e. The average molecular weight is 274 g/mol. The van der Waals surface area contributed by atoms with Crippen LogP contribution in [0.4, 0.5) is 26.3 Å². The highest BCUT2D eigenvalue weighted by molar-refractivity contribution is 5.34. The third kappa shape index (κ3) is 2.24. The standard InChI is InChI=1S/C10H8F6O2/c1-18-7-4-2-3-6(5-7)8(17,9(11,12)13)10(14,15)16/h2-5,17H,1H3. The zero-order valence-electron chi connectivity index (χ0n) is 8.93. The van der Waals surface area contributed by atoms with Crippen LogP contribution in [0.1, 0.15) is 5.56 Å². The van der Waals surface area contributed by atoms with E-state index in [0.717, 1.165) is 19.2 Å². The van der Waals surface area contributed by atoms with Crippen molar-refractivity contribution in [1.82, 2.24) is 0 Å². The molecule has 1 rings (SSSR count). The van der Waals surface area contributed by atoms with E-state index in [9.17, 15) is 26.3 Å². The first kappa shape index (κ1) is 14.6. The number of hydrogen-bond acceptors (Lipinski definition) is 2. The summed E-state index contributed by atoms with van der Waals surface area (Å²) in [7, 11) is 1.08. The van der Waals surface area contributed by atoms with Crippen molar-refractivity contribution in [3.63, 3.8) is 0 Å². The van der Waals surface area contributed by atoms with Crippen molar-refractivity contribution in [3.8, 4) is 5.75 Å². The van der Waals surface area contributed by atoms with Gasteiger partial charge in [0.25, 0.3) is 5.60 Å². The van der Waals surface area contributed by atoms with Crippen molar-refractivity contribution < 1.29 is 36.2 Å². The van der Waals surface area contributed by atoms with E-state index in [4.69, 9.17) is 5.11 Å². The quantitative estimate of drug-likeness (QED) is 0.840. The number of benzene rings is 1. The molecule has 8 heteroatoms. The van der Waals surface area contributed by atoms with Gasteiger partial charge in [-0.2, -0.15) is 26.3 Å². The molecule has 1 N–H and O–H groups in total.